The fraction of sp³-hybridized carbons (Fsp3) is 0.846. The molecule has 4 nitrogen and oxygen atoms in total. The normalized spacial score (nSPS) is 24.2. The summed E-state index contributed by atoms with van der Waals surface area (Å²) in [5.41, 5.74) is 0.264. The Balaban J connectivity index is 2.23. The summed E-state index contributed by atoms with van der Waals surface area (Å²) < 4.78 is 2.20. The molecule has 0 bridgehead atoms. The van der Waals surface area contributed by atoms with Gasteiger partial charge in [-0.2, -0.15) is 0 Å². The van der Waals surface area contributed by atoms with E-state index < -0.39 is 0 Å². The molecule has 1 aliphatic rings. The lowest BCUT2D eigenvalue weighted by Gasteiger charge is -2.38. The summed E-state index contributed by atoms with van der Waals surface area (Å²) >= 11 is 0. The largest absolute Gasteiger partial charge is 0.316 e. The molecule has 0 saturated carbocycles. The average Bonchev–Trinajstić information content (AvgIpc) is 2.64. The van der Waals surface area contributed by atoms with Crippen LogP contribution in [-0.2, 0) is 6.54 Å². The van der Waals surface area contributed by atoms with E-state index in [4.69, 9.17) is 0 Å². The molecule has 17 heavy (non-hydrogen) atoms. The van der Waals surface area contributed by atoms with E-state index in [1.165, 1.54) is 12.8 Å². The molecule has 4 heteroatoms. The van der Waals surface area contributed by atoms with Crippen molar-refractivity contribution in [3.05, 3.63) is 12.2 Å². The maximum absolute atomic E-state index is 4.34. The van der Waals surface area contributed by atoms with Crippen molar-refractivity contribution in [3.8, 4) is 0 Å². The second-order valence-electron chi connectivity index (χ2n) is 6.21. The Morgan fingerprint density at radius 2 is 2.29 bits per heavy atom. The highest BCUT2D eigenvalue weighted by Gasteiger charge is 2.36. The summed E-state index contributed by atoms with van der Waals surface area (Å²) in [7, 11) is 0. The number of rotatable bonds is 3. The lowest BCUT2D eigenvalue weighted by atomic mass is 9.77. The minimum Gasteiger partial charge on any atom is -0.316 e. The van der Waals surface area contributed by atoms with Crippen LogP contribution in [0.2, 0.25) is 0 Å². The lowest BCUT2D eigenvalue weighted by Crippen LogP contribution is -2.41. The molecule has 2 rings (SSSR count). The molecule has 1 atom stereocenters. The summed E-state index contributed by atoms with van der Waals surface area (Å²) in [4.78, 5) is 0. The van der Waals surface area contributed by atoms with Crippen molar-refractivity contribution in [1.82, 2.24) is 20.1 Å². The lowest BCUT2D eigenvalue weighted by molar-refractivity contribution is 0.169. The van der Waals surface area contributed by atoms with E-state index in [1.807, 2.05) is 6.33 Å². The maximum atomic E-state index is 4.34. The van der Waals surface area contributed by atoms with Gasteiger partial charge in [-0.1, -0.05) is 27.7 Å². The molecule has 1 unspecified atom stereocenters. The number of nitrogens with zero attached hydrogens (tertiary/aromatic N) is 3. The van der Waals surface area contributed by atoms with Gasteiger partial charge in [0.1, 0.15) is 6.33 Å². The monoisotopic (exact) mass is 236 g/mol. The van der Waals surface area contributed by atoms with E-state index >= 15 is 0 Å². The molecule has 1 fully saturated rings. The summed E-state index contributed by atoms with van der Waals surface area (Å²) in [6.45, 7) is 11.2. The molecule has 96 valence electrons. The number of hydrogen-bond acceptors (Lipinski definition) is 3. The van der Waals surface area contributed by atoms with Gasteiger partial charge in [-0.3, -0.25) is 0 Å². The molecule has 0 aliphatic carbocycles. The highest BCUT2D eigenvalue weighted by atomic mass is 15.3. The SMILES string of the molecule is CC(C)Cn1cnnc1C1NCCCC1(C)C. The van der Waals surface area contributed by atoms with E-state index in [0.29, 0.717) is 12.0 Å². The average molecular weight is 236 g/mol. The van der Waals surface area contributed by atoms with Gasteiger partial charge in [-0.05, 0) is 30.7 Å². The fourth-order valence-electron chi connectivity index (χ4n) is 2.67. The minimum absolute atomic E-state index is 0.264. The van der Waals surface area contributed by atoms with Gasteiger partial charge >= 0.3 is 0 Å². The van der Waals surface area contributed by atoms with Gasteiger partial charge in [0, 0.05) is 6.54 Å². The zero-order valence-corrected chi connectivity index (χ0v) is 11.4. The van der Waals surface area contributed by atoms with E-state index in [2.05, 4.69) is 47.8 Å². The number of nitrogens with one attached hydrogen (secondary N) is 1. The Hall–Kier alpha value is -0.900. The third kappa shape index (κ3) is 2.68. The van der Waals surface area contributed by atoms with E-state index in [0.717, 1.165) is 18.9 Å². The molecule has 0 spiro atoms. The summed E-state index contributed by atoms with van der Waals surface area (Å²) in [5, 5.41) is 12.0. The Morgan fingerprint density at radius 1 is 1.53 bits per heavy atom. The van der Waals surface area contributed by atoms with Crippen molar-refractivity contribution >= 4 is 0 Å². The molecule has 0 radical (unpaired) electrons. The zero-order valence-electron chi connectivity index (χ0n) is 11.4. The van der Waals surface area contributed by atoms with Crippen LogP contribution in [0.1, 0.15) is 52.4 Å². The Labute approximate surface area is 104 Å². The van der Waals surface area contributed by atoms with Crippen LogP contribution < -0.4 is 5.32 Å². The Bertz CT molecular complexity index is 367. The van der Waals surface area contributed by atoms with Crippen LogP contribution >= 0.6 is 0 Å². The van der Waals surface area contributed by atoms with Crippen LogP contribution in [0, 0.1) is 11.3 Å². The molecule has 1 saturated heterocycles. The molecule has 2 heterocycles. The quantitative estimate of drug-likeness (QED) is 0.876. The smallest absolute Gasteiger partial charge is 0.150 e. The fourth-order valence-corrected chi connectivity index (χ4v) is 2.67. The molecule has 1 aromatic heterocycles. The number of piperidine rings is 1. The van der Waals surface area contributed by atoms with Crippen molar-refractivity contribution in [3.63, 3.8) is 0 Å². The Kier molecular flexibility index (Phi) is 3.52. The van der Waals surface area contributed by atoms with Crippen molar-refractivity contribution in [2.24, 2.45) is 11.3 Å². The first-order chi connectivity index (χ1) is 8.00. The van der Waals surface area contributed by atoms with Crippen LogP contribution in [0.3, 0.4) is 0 Å². The summed E-state index contributed by atoms with van der Waals surface area (Å²) in [6, 6.07) is 0.331. The topological polar surface area (TPSA) is 42.7 Å². The third-order valence-corrected chi connectivity index (χ3v) is 3.59. The molecule has 1 aromatic rings. The van der Waals surface area contributed by atoms with E-state index in [9.17, 15) is 0 Å². The van der Waals surface area contributed by atoms with Gasteiger partial charge in [-0.15, -0.1) is 10.2 Å². The second kappa shape index (κ2) is 4.77. The summed E-state index contributed by atoms with van der Waals surface area (Å²) in [5.74, 6) is 1.72. The van der Waals surface area contributed by atoms with Gasteiger partial charge in [0.15, 0.2) is 5.82 Å². The predicted molar refractivity (Wildman–Crippen MR) is 68.6 cm³/mol. The van der Waals surface area contributed by atoms with E-state index in [-0.39, 0.29) is 5.41 Å². The standard InChI is InChI=1S/C13H24N4/c1-10(2)8-17-9-15-16-12(17)11-13(3,4)6-5-7-14-11/h9-11,14H,5-8H2,1-4H3. The predicted octanol–water partition coefficient (Wildman–Crippen LogP) is 2.38. The molecular weight excluding hydrogens is 212 g/mol. The number of aromatic nitrogens is 3. The van der Waals surface area contributed by atoms with Gasteiger partial charge in [0.25, 0.3) is 0 Å². The Morgan fingerprint density at radius 3 is 2.94 bits per heavy atom. The van der Waals surface area contributed by atoms with Crippen molar-refractivity contribution < 1.29 is 0 Å². The van der Waals surface area contributed by atoms with E-state index in [1.54, 1.807) is 0 Å². The van der Waals surface area contributed by atoms with Crippen LogP contribution in [-0.4, -0.2) is 21.3 Å². The van der Waals surface area contributed by atoms with Crippen LogP contribution in [0.5, 0.6) is 0 Å². The highest BCUT2D eigenvalue weighted by molar-refractivity contribution is 5.03. The van der Waals surface area contributed by atoms with Crippen molar-refractivity contribution in [2.75, 3.05) is 6.54 Å². The molecule has 1 N–H and O–H groups in total. The molecule has 0 aromatic carbocycles. The van der Waals surface area contributed by atoms with Crippen LogP contribution in [0.15, 0.2) is 6.33 Å². The third-order valence-electron chi connectivity index (χ3n) is 3.59. The maximum Gasteiger partial charge on any atom is 0.150 e. The van der Waals surface area contributed by atoms with Gasteiger partial charge < -0.3 is 9.88 Å². The highest BCUT2D eigenvalue weighted by Crippen LogP contribution is 2.39. The van der Waals surface area contributed by atoms with Crippen LogP contribution in [0.4, 0.5) is 0 Å². The van der Waals surface area contributed by atoms with Crippen molar-refractivity contribution in [1.29, 1.82) is 0 Å². The van der Waals surface area contributed by atoms with Gasteiger partial charge in [0.2, 0.25) is 0 Å². The minimum atomic E-state index is 0.264. The van der Waals surface area contributed by atoms with Gasteiger partial charge in [0.05, 0.1) is 6.04 Å². The first-order valence-electron chi connectivity index (χ1n) is 6.62. The zero-order chi connectivity index (χ0) is 12.5. The first kappa shape index (κ1) is 12.6. The number of hydrogen-bond donors (Lipinski definition) is 1. The first-order valence-corrected chi connectivity index (χ1v) is 6.62. The molecule has 1 aliphatic heterocycles. The molecule has 0 amide bonds. The van der Waals surface area contributed by atoms with Crippen molar-refractivity contribution in [2.45, 2.75) is 53.1 Å². The summed E-state index contributed by atoms with van der Waals surface area (Å²) in [6.07, 6.45) is 4.36. The molecular formula is C13H24N4. The second-order valence-corrected chi connectivity index (χ2v) is 6.21. The van der Waals surface area contributed by atoms with Crippen LogP contribution in [0.25, 0.3) is 0 Å². The van der Waals surface area contributed by atoms with Gasteiger partial charge in [-0.25, -0.2) is 0 Å².